The second-order valence-electron chi connectivity index (χ2n) is 34.9. The van der Waals surface area contributed by atoms with Gasteiger partial charge < -0.3 is 68.5 Å². The van der Waals surface area contributed by atoms with Crippen LogP contribution in [0.25, 0.3) is 0 Å². The van der Waals surface area contributed by atoms with Crippen molar-refractivity contribution in [2.45, 2.75) is 218 Å². The van der Waals surface area contributed by atoms with E-state index in [0.29, 0.717) is 55.5 Å². The Bertz CT molecular complexity index is 6000. The maximum absolute atomic E-state index is 15.5. The van der Waals surface area contributed by atoms with Gasteiger partial charge in [0.05, 0.1) is 43.5 Å². The molecule has 0 bridgehead atoms. The number of ether oxygens (including phenoxy) is 1. The van der Waals surface area contributed by atoms with Crippen molar-refractivity contribution in [1.82, 2.24) is 49.8 Å². The van der Waals surface area contributed by atoms with Gasteiger partial charge in [-0.2, -0.15) is 35.1 Å². The molecule has 2 unspecified atom stereocenters. The molecule has 4 fully saturated rings. The maximum Gasteiger partial charge on any atom is 0.394 e. The van der Waals surface area contributed by atoms with E-state index in [1.54, 1.807) is 84.9 Å². The highest BCUT2D eigenvalue weighted by Crippen LogP contribution is 2.44. The average molecular weight is 1920 g/mol. The van der Waals surface area contributed by atoms with Crippen molar-refractivity contribution in [1.29, 1.82) is 0 Å². The fraction of sp³-hybridized carbons (Fsp3) is 0.340. The maximum atomic E-state index is 15.5. The van der Waals surface area contributed by atoms with Crippen LogP contribution < -0.4 is 68.5 Å². The predicted octanol–water partition coefficient (Wildman–Crippen LogP) is 17.9. The van der Waals surface area contributed by atoms with E-state index < -0.39 is 70.8 Å². The summed E-state index contributed by atoms with van der Waals surface area (Å²) in [6, 6.07) is 47.1. The summed E-state index contributed by atoms with van der Waals surface area (Å²) < 4.78 is 175. The fourth-order valence-electron chi connectivity index (χ4n) is 15.3. The minimum atomic E-state index is -3.30. The Hall–Kier alpha value is -14.8. The van der Waals surface area contributed by atoms with Gasteiger partial charge >= 0.3 is 6.11 Å². The van der Waals surface area contributed by atoms with Crippen molar-refractivity contribution < 1.29 is 76.6 Å². The Balaban J connectivity index is 0.000000156. The van der Waals surface area contributed by atoms with Crippen molar-refractivity contribution >= 4 is 70.2 Å². The van der Waals surface area contributed by atoms with Crippen LogP contribution in [0.15, 0.2) is 208 Å². The number of primary amides is 4. The molecule has 4 saturated carbocycles. The Kier molecular flexibility index (Phi) is 32.9. The fourth-order valence-corrected chi connectivity index (χ4v) is 15.3. The zero-order valence-corrected chi connectivity index (χ0v) is 77.0. The molecule has 39 heteroatoms. The molecule has 4 aliphatic carbocycles. The van der Waals surface area contributed by atoms with Crippen LogP contribution in [0.5, 0.6) is 5.75 Å². The molecular weight excluding hydrogens is 1820 g/mol. The average Bonchev–Trinajstić information content (AvgIpc) is 1.66. The molecule has 0 saturated heterocycles. The first-order valence-electron chi connectivity index (χ1n) is 45.0. The summed E-state index contributed by atoms with van der Waals surface area (Å²) in [5.74, 6) is -12.1. The van der Waals surface area contributed by atoms with E-state index in [0.717, 1.165) is 123 Å². The Morgan fingerprint density at radius 3 is 1.01 bits per heavy atom. The number of nitrogens with two attached hydrogens (primary N) is 4. The predicted molar refractivity (Wildman–Crippen MR) is 502 cm³/mol. The number of carbonyl (C=O) groups is 4. The van der Waals surface area contributed by atoms with Crippen LogP contribution in [0, 0.1) is 23.3 Å². The lowest BCUT2D eigenvalue weighted by Crippen LogP contribution is -2.31. The number of hydrogen-bond acceptors (Lipinski definition) is 23. The number of nitrogens with zero attached hydrogens (tertiary/aromatic N) is 14. The van der Waals surface area contributed by atoms with Crippen molar-refractivity contribution in [3.63, 3.8) is 0 Å². The number of pyridine rings is 2. The van der Waals surface area contributed by atoms with Gasteiger partial charge in [-0.05, 0) is 163 Å². The number of alkyl halides is 8. The first-order chi connectivity index (χ1) is 66.1. The Morgan fingerprint density at radius 2 is 0.698 bits per heavy atom. The Morgan fingerprint density at radius 1 is 0.360 bits per heavy atom. The molecule has 139 heavy (non-hydrogen) atoms. The van der Waals surface area contributed by atoms with Crippen molar-refractivity contribution in [3.05, 3.63) is 315 Å². The number of nitrogens with one attached hydrogen (secondary N) is 4. The molecule has 12 aromatic rings. The third-order valence-electron chi connectivity index (χ3n) is 23.0. The van der Waals surface area contributed by atoms with Crippen LogP contribution in [0.3, 0.4) is 0 Å². The van der Waals surface area contributed by atoms with Crippen molar-refractivity contribution in [2.75, 3.05) is 40.9 Å². The molecule has 6 aromatic heterocycles. The standard InChI is InChI=1S/2C25H27F3N6O.C25H26F3N5O2.C25H26F3N5O/c1-15(20-10-7-18(13-30-20)25(2,27)28)34(19-8-9-19)24-22(26)23(32-14-33-24)31-12-17-5-3-16(4-6-17)11-21(29)35;1-15(18-7-10-20(30-13-18)25(2,27)28)34(19-8-9-19)24-22(26)23(32-14-33-24)31-12-17-5-3-16(4-6-17)11-21(29)35;1-25(27,28)35-20-4-2-3-18(11-20)14-33(19-9-10-19)24-22(26)23(31-15-32-24)30-13-17-7-5-16(6-8-17)12-21(29)34;1-25(27,28)19-4-2-3-18(11-19)14-33(20-9-10-20)24-22(26)23(31-15-32-24)30-13-17-7-5-16(6-8-17)12-21(29)34/h2*3-7,10,13-15,19H,8-9,11-12H2,1-2H3,(H2,29,35)(H,31,32,33);2-8,11,15,19H,9-10,12-14H2,1H3,(H2,29,34)(H,30,31,32);2-8,11,15,20H,9-10,12-14H2,1H3,(H2,29,34)(H,30,31,32). The molecule has 2 atom stereocenters. The molecule has 0 radical (unpaired) electrons. The van der Waals surface area contributed by atoms with Crippen LogP contribution in [0.1, 0.15) is 189 Å². The monoisotopic (exact) mass is 1920 g/mol. The van der Waals surface area contributed by atoms with Crippen LogP contribution in [0.2, 0.25) is 0 Å². The van der Waals surface area contributed by atoms with E-state index in [9.17, 15) is 54.3 Å². The largest absolute Gasteiger partial charge is 0.433 e. The number of anilines is 8. The van der Waals surface area contributed by atoms with Crippen LogP contribution in [0.4, 0.5) is 99.2 Å². The zero-order chi connectivity index (χ0) is 99.6. The topological polar surface area (TPSA) is 372 Å². The lowest BCUT2D eigenvalue weighted by atomic mass is 10.1. The second kappa shape index (κ2) is 45.0. The summed E-state index contributed by atoms with van der Waals surface area (Å²) >= 11 is 0. The molecule has 6 heterocycles. The number of halogens is 12. The third kappa shape index (κ3) is 29.4. The smallest absolute Gasteiger partial charge is 0.394 e. The molecular formula is C100H106F12N22O5. The van der Waals surface area contributed by atoms with Crippen LogP contribution in [-0.2, 0) is 102 Å². The number of rotatable bonds is 41. The third-order valence-corrected chi connectivity index (χ3v) is 23.0. The number of amides is 4. The van der Waals surface area contributed by atoms with E-state index in [1.165, 1.54) is 67.9 Å². The molecule has 0 aliphatic heterocycles. The minimum Gasteiger partial charge on any atom is -0.433 e. The van der Waals surface area contributed by atoms with E-state index in [4.69, 9.17) is 22.9 Å². The number of carbonyl (C=O) groups excluding carboxylic acids is 4. The Labute approximate surface area is 794 Å². The van der Waals surface area contributed by atoms with E-state index in [2.05, 4.69) is 75.8 Å². The van der Waals surface area contributed by atoms with E-state index in [1.807, 2.05) is 82.0 Å². The van der Waals surface area contributed by atoms with Crippen LogP contribution in [-0.4, -0.2) is 104 Å². The molecule has 0 spiro atoms. The van der Waals surface area contributed by atoms with E-state index >= 15 is 17.6 Å². The van der Waals surface area contributed by atoms with Crippen LogP contribution >= 0.6 is 0 Å². The van der Waals surface area contributed by atoms with Gasteiger partial charge in [0, 0.05) is 115 Å². The number of hydrogen-bond donors (Lipinski definition) is 8. The highest BCUT2D eigenvalue weighted by atomic mass is 19.3. The second-order valence-corrected chi connectivity index (χ2v) is 34.9. The van der Waals surface area contributed by atoms with Gasteiger partial charge in [-0.3, -0.25) is 29.1 Å². The highest BCUT2D eigenvalue weighted by molar-refractivity contribution is 5.78. The van der Waals surface area contributed by atoms with Gasteiger partial charge in [-0.25, -0.2) is 57.4 Å². The van der Waals surface area contributed by atoms with Gasteiger partial charge in [0.2, 0.25) is 46.9 Å². The first kappa shape index (κ1) is 102. The van der Waals surface area contributed by atoms with Crippen molar-refractivity contribution in [2.24, 2.45) is 22.9 Å². The van der Waals surface area contributed by atoms with Gasteiger partial charge in [-0.1, -0.05) is 133 Å². The van der Waals surface area contributed by atoms with E-state index in [-0.39, 0.29) is 144 Å². The number of aromatic nitrogens is 10. The summed E-state index contributed by atoms with van der Waals surface area (Å²) in [5, 5.41) is 12.0. The number of benzene rings is 6. The highest BCUT2D eigenvalue weighted by Gasteiger charge is 2.41. The molecule has 730 valence electrons. The van der Waals surface area contributed by atoms with Gasteiger partial charge in [0.1, 0.15) is 36.8 Å². The molecule has 4 amide bonds. The summed E-state index contributed by atoms with van der Waals surface area (Å²) in [6.45, 7) is 8.72. The quantitative estimate of drug-likeness (QED) is 0.0165. The lowest BCUT2D eigenvalue weighted by molar-refractivity contribution is -0.159. The SMILES string of the molecule is CC(F)(F)Oc1cccc(CN(c2ncnc(NCc3ccc(CC(N)=O)cc3)c2F)C2CC2)c1.CC(F)(F)c1cccc(CN(c2ncnc(NCc3ccc(CC(N)=O)cc3)c2F)C2CC2)c1.CC(c1ccc(C(C)(F)F)cn1)N(c1ncnc(NCc2ccc(CC(N)=O)cc2)c1F)C1CC1.CC(c1ccc(C(C)(F)F)nc1)N(c1ncnc(NCc2ccc(CC(N)=O)cc2)c1F)C1CC1. The minimum absolute atomic E-state index is 0.0399. The first-order valence-corrected chi connectivity index (χ1v) is 45.0. The molecule has 16 rings (SSSR count). The summed E-state index contributed by atoms with van der Waals surface area (Å²) in [4.78, 5) is 92.6. The molecule has 6 aromatic carbocycles. The molecule has 4 aliphatic rings. The van der Waals surface area contributed by atoms with Crippen molar-refractivity contribution in [3.8, 4) is 5.75 Å². The van der Waals surface area contributed by atoms with Gasteiger partial charge in [-0.15, -0.1) is 0 Å². The van der Waals surface area contributed by atoms with Gasteiger partial charge in [0.25, 0.3) is 17.8 Å². The summed E-state index contributed by atoms with van der Waals surface area (Å²) in [7, 11) is 0. The molecule has 27 nitrogen and oxygen atoms in total. The summed E-state index contributed by atoms with van der Waals surface area (Å²) in [6.07, 6.45) is 12.1. The molecule has 12 N–H and O–H groups in total. The van der Waals surface area contributed by atoms with Gasteiger partial charge in [0.15, 0.2) is 46.5 Å². The zero-order valence-electron chi connectivity index (χ0n) is 77.0. The lowest BCUT2D eigenvalue weighted by Gasteiger charge is -2.31. The summed E-state index contributed by atoms with van der Waals surface area (Å²) in [5.41, 5.74) is 29.6. The normalized spacial score (nSPS) is 13.9.